The summed E-state index contributed by atoms with van der Waals surface area (Å²) in [5.41, 5.74) is 1.99. The molecule has 24 heavy (non-hydrogen) atoms. The van der Waals surface area contributed by atoms with E-state index in [1.165, 1.54) is 0 Å². The average Bonchev–Trinajstić information content (AvgIpc) is 2.45. The summed E-state index contributed by atoms with van der Waals surface area (Å²) in [7, 11) is 0. The number of aryl methyl sites for hydroxylation is 1. The van der Waals surface area contributed by atoms with Crippen LogP contribution in [0.5, 0.6) is 5.75 Å². The van der Waals surface area contributed by atoms with Crippen molar-refractivity contribution in [3.05, 3.63) is 29.3 Å². The Morgan fingerprint density at radius 3 is 2.54 bits per heavy atom. The lowest BCUT2D eigenvalue weighted by molar-refractivity contribution is -0.136. The molecule has 0 saturated carbocycles. The summed E-state index contributed by atoms with van der Waals surface area (Å²) in [5.74, 6) is 0.379. The molecule has 0 bridgehead atoms. The Morgan fingerprint density at radius 1 is 1.21 bits per heavy atom. The Labute approximate surface area is 143 Å². The van der Waals surface area contributed by atoms with Gasteiger partial charge in [0.05, 0.1) is 12.5 Å². The number of carboxylic acid groups (broad SMARTS) is 1. The van der Waals surface area contributed by atoms with Crippen molar-refractivity contribution in [1.82, 2.24) is 10.6 Å². The molecule has 0 spiro atoms. The molecule has 6 nitrogen and oxygen atoms in total. The number of hydrogen-bond acceptors (Lipinski definition) is 3. The van der Waals surface area contributed by atoms with Crippen LogP contribution >= 0.6 is 0 Å². The lowest BCUT2D eigenvalue weighted by atomic mass is 10.1. The van der Waals surface area contributed by atoms with Crippen molar-refractivity contribution in [2.75, 3.05) is 6.54 Å². The van der Waals surface area contributed by atoms with Crippen LogP contribution in [-0.4, -0.2) is 29.8 Å². The molecule has 1 aromatic rings. The van der Waals surface area contributed by atoms with Crippen LogP contribution in [0.25, 0.3) is 0 Å². The molecule has 0 aliphatic rings. The first-order valence-electron chi connectivity index (χ1n) is 8.27. The zero-order valence-corrected chi connectivity index (χ0v) is 14.9. The number of nitrogens with one attached hydrogen (secondary N) is 2. The van der Waals surface area contributed by atoms with Gasteiger partial charge in [0.2, 0.25) is 0 Å². The minimum Gasteiger partial charge on any atom is -0.490 e. The first-order chi connectivity index (χ1) is 11.3. The van der Waals surface area contributed by atoms with Gasteiger partial charge in [-0.05, 0) is 37.8 Å². The molecule has 1 atom stereocenters. The molecule has 0 heterocycles. The van der Waals surface area contributed by atoms with Crippen molar-refractivity contribution in [2.45, 2.75) is 53.2 Å². The number of rotatable bonds is 9. The second kappa shape index (κ2) is 9.80. The number of ether oxygens (including phenoxy) is 1. The van der Waals surface area contributed by atoms with Gasteiger partial charge in [0, 0.05) is 18.7 Å². The molecular weight excluding hydrogens is 308 g/mol. The van der Waals surface area contributed by atoms with E-state index in [1.54, 1.807) is 0 Å². The molecule has 3 N–H and O–H groups in total. The molecule has 0 aliphatic heterocycles. The van der Waals surface area contributed by atoms with Gasteiger partial charge in [-0.25, -0.2) is 4.79 Å². The number of amides is 2. The second-order valence-corrected chi connectivity index (χ2v) is 6.42. The number of carbonyl (C=O) groups excluding carboxylic acids is 1. The average molecular weight is 336 g/mol. The maximum absolute atomic E-state index is 11.7. The fourth-order valence-corrected chi connectivity index (χ4v) is 2.37. The van der Waals surface area contributed by atoms with Crippen LogP contribution < -0.4 is 15.4 Å². The summed E-state index contributed by atoms with van der Waals surface area (Å²) in [4.78, 5) is 22.1. The van der Waals surface area contributed by atoms with E-state index < -0.39 is 12.0 Å². The van der Waals surface area contributed by atoms with Gasteiger partial charge in [0.25, 0.3) is 0 Å². The number of benzene rings is 1. The zero-order chi connectivity index (χ0) is 18.1. The first kappa shape index (κ1) is 19.8. The van der Waals surface area contributed by atoms with Gasteiger partial charge < -0.3 is 20.5 Å². The van der Waals surface area contributed by atoms with Crippen molar-refractivity contribution in [3.63, 3.8) is 0 Å². The predicted molar refractivity (Wildman–Crippen MR) is 93.2 cm³/mol. The molecule has 1 aromatic carbocycles. The smallest absolute Gasteiger partial charge is 0.315 e. The van der Waals surface area contributed by atoms with E-state index in [0.29, 0.717) is 12.5 Å². The van der Waals surface area contributed by atoms with E-state index in [1.807, 2.05) is 32.0 Å². The molecule has 2 amide bonds. The third-order valence-electron chi connectivity index (χ3n) is 3.42. The number of hydrogen-bond donors (Lipinski definition) is 3. The van der Waals surface area contributed by atoms with Crippen molar-refractivity contribution in [3.8, 4) is 5.75 Å². The standard InChI is InChI=1S/C18H28N2O4/c1-12(2)9-14(4)24-16-10-13(3)5-6-15(16)11-20-18(23)19-8-7-17(21)22/h5-6,10,12,14H,7-9,11H2,1-4H3,(H,21,22)(H2,19,20,23). The summed E-state index contributed by atoms with van der Waals surface area (Å²) in [6, 6.07) is 5.48. The first-order valence-corrected chi connectivity index (χ1v) is 8.27. The van der Waals surface area contributed by atoms with Gasteiger partial charge >= 0.3 is 12.0 Å². The molecule has 1 rings (SSSR count). The fourth-order valence-electron chi connectivity index (χ4n) is 2.37. The highest BCUT2D eigenvalue weighted by Gasteiger charge is 2.11. The van der Waals surface area contributed by atoms with E-state index in [0.717, 1.165) is 23.3 Å². The quantitative estimate of drug-likeness (QED) is 0.647. The van der Waals surface area contributed by atoms with Gasteiger partial charge in [0.15, 0.2) is 0 Å². The Hall–Kier alpha value is -2.24. The molecule has 0 radical (unpaired) electrons. The number of carbonyl (C=O) groups is 2. The molecule has 0 aromatic heterocycles. The van der Waals surface area contributed by atoms with Crippen molar-refractivity contribution < 1.29 is 19.4 Å². The predicted octanol–water partition coefficient (Wildman–Crippen LogP) is 3.08. The lowest BCUT2D eigenvalue weighted by Crippen LogP contribution is -2.36. The molecule has 134 valence electrons. The highest BCUT2D eigenvalue weighted by atomic mass is 16.5. The van der Waals surface area contributed by atoms with Gasteiger partial charge in [-0.3, -0.25) is 4.79 Å². The van der Waals surface area contributed by atoms with Crippen LogP contribution in [0, 0.1) is 12.8 Å². The van der Waals surface area contributed by atoms with Gasteiger partial charge in [-0.2, -0.15) is 0 Å². The minimum absolute atomic E-state index is 0.0925. The topological polar surface area (TPSA) is 87.7 Å². The maximum atomic E-state index is 11.7. The van der Waals surface area contributed by atoms with Crippen molar-refractivity contribution >= 4 is 12.0 Å². The summed E-state index contributed by atoms with van der Waals surface area (Å²) in [6.45, 7) is 8.76. The normalized spacial score (nSPS) is 11.9. The Balaban J connectivity index is 2.60. The summed E-state index contributed by atoms with van der Waals surface area (Å²) >= 11 is 0. The van der Waals surface area contributed by atoms with E-state index in [2.05, 4.69) is 24.5 Å². The summed E-state index contributed by atoms with van der Waals surface area (Å²) in [6.07, 6.45) is 0.949. The number of aliphatic carboxylic acids is 1. The Bertz CT molecular complexity index is 558. The van der Waals surface area contributed by atoms with Gasteiger partial charge in [-0.15, -0.1) is 0 Å². The van der Waals surface area contributed by atoms with Crippen LogP contribution in [0.2, 0.25) is 0 Å². The molecule has 0 aliphatic carbocycles. The largest absolute Gasteiger partial charge is 0.490 e. The monoisotopic (exact) mass is 336 g/mol. The molecular formula is C18H28N2O4. The van der Waals surface area contributed by atoms with Gasteiger partial charge in [-0.1, -0.05) is 26.0 Å². The fraction of sp³-hybridized carbons (Fsp3) is 0.556. The summed E-state index contributed by atoms with van der Waals surface area (Å²) in [5, 5.41) is 13.8. The van der Waals surface area contributed by atoms with Crippen LogP contribution in [0.4, 0.5) is 4.79 Å². The maximum Gasteiger partial charge on any atom is 0.315 e. The van der Waals surface area contributed by atoms with Crippen LogP contribution in [-0.2, 0) is 11.3 Å². The lowest BCUT2D eigenvalue weighted by Gasteiger charge is -2.20. The van der Waals surface area contributed by atoms with E-state index in [-0.39, 0.29) is 19.1 Å². The van der Waals surface area contributed by atoms with Crippen molar-refractivity contribution in [2.24, 2.45) is 5.92 Å². The van der Waals surface area contributed by atoms with Crippen molar-refractivity contribution in [1.29, 1.82) is 0 Å². The highest BCUT2D eigenvalue weighted by Crippen LogP contribution is 2.23. The third kappa shape index (κ3) is 7.85. The zero-order valence-electron chi connectivity index (χ0n) is 14.9. The SMILES string of the molecule is Cc1ccc(CNC(=O)NCCC(=O)O)c(OC(C)CC(C)C)c1. The molecule has 1 unspecified atom stereocenters. The van der Waals surface area contributed by atoms with E-state index >= 15 is 0 Å². The van der Waals surface area contributed by atoms with Gasteiger partial charge in [0.1, 0.15) is 5.75 Å². The molecule has 0 fully saturated rings. The third-order valence-corrected chi connectivity index (χ3v) is 3.42. The molecule has 0 saturated heterocycles. The Kier molecular flexibility index (Phi) is 8.09. The Morgan fingerprint density at radius 2 is 1.92 bits per heavy atom. The number of carboxylic acids is 1. The number of urea groups is 1. The van der Waals surface area contributed by atoms with E-state index in [4.69, 9.17) is 9.84 Å². The second-order valence-electron chi connectivity index (χ2n) is 6.42. The minimum atomic E-state index is -0.941. The van der Waals surface area contributed by atoms with Crippen LogP contribution in [0.1, 0.15) is 44.7 Å². The summed E-state index contributed by atoms with van der Waals surface area (Å²) < 4.78 is 6.03. The molecule has 6 heteroatoms. The highest BCUT2D eigenvalue weighted by molar-refractivity contribution is 5.75. The van der Waals surface area contributed by atoms with E-state index in [9.17, 15) is 9.59 Å². The van der Waals surface area contributed by atoms with Crippen LogP contribution in [0.3, 0.4) is 0 Å². The van der Waals surface area contributed by atoms with Crippen LogP contribution in [0.15, 0.2) is 18.2 Å².